The molecule has 22 heavy (non-hydrogen) atoms. The highest BCUT2D eigenvalue weighted by molar-refractivity contribution is 14.1. The van der Waals surface area contributed by atoms with Crippen LogP contribution in [-0.2, 0) is 11.3 Å². The maximum absolute atomic E-state index is 9.47. The topological polar surface area (TPSA) is 38.0 Å². The van der Waals surface area contributed by atoms with Crippen molar-refractivity contribution >= 4 is 22.6 Å². The first-order valence-corrected chi connectivity index (χ1v) is 9.37. The maximum atomic E-state index is 9.47. The van der Waals surface area contributed by atoms with Gasteiger partial charge in [0.25, 0.3) is 0 Å². The minimum Gasteiger partial charge on any atom is -0.378 e. The van der Waals surface area contributed by atoms with Crippen molar-refractivity contribution < 1.29 is 4.74 Å². The van der Waals surface area contributed by atoms with E-state index in [1.807, 2.05) is 13.2 Å². The molecule has 0 amide bonds. The molecule has 4 heteroatoms. The fourth-order valence-electron chi connectivity index (χ4n) is 6.03. The van der Waals surface area contributed by atoms with E-state index in [0.29, 0.717) is 5.41 Å². The van der Waals surface area contributed by atoms with Gasteiger partial charge in [-0.05, 0) is 91.4 Å². The Labute approximate surface area is 146 Å². The Morgan fingerprint density at radius 3 is 2.64 bits per heavy atom. The molecule has 0 aromatic carbocycles. The Morgan fingerprint density at radius 2 is 2.05 bits per heavy atom. The fraction of sp³-hybridized carbons (Fsp3) is 0.722. The predicted molar refractivity (Wildman–Crippen MR) is 93.5 cm³/mol. The Bertz CT molecular complexity index is 643. The summed E-state index contributed by atoms with van der Waals surface area (Å²) >= 11 is 2.35. The standard InChI is InChI=1S/C18H23IN2O/c1-12-16(19)4-15(9-20)21(12)11-17-5-13-3-14(6-17)8-18(7-13,10-17)22-2/h4,13-14H,3,5-8,10-11H2,1-2H3. The zero-order chi connectivity index (χ0) is 15.5. The van der Waals surface area contributed by atoms with Crippen LogP contribution in [0.4, 0.5) is 0 Å². The molecule has 118 valence electrons. The van der Waals surface area contributed by atoms with E-state index in [9.17, 15) is 5.26 Å². The molecule has 1 aromatic heterocycles. The first-order valence-electron chi connectivity index (χ1n) is 8.29. The van der Waals surface area contributed by atoms with E-state index in [-0.39, 0.29) is 5.60 Å². The molecule has 4 saturated carbocycles. The summed E-state index contributed by atoms with van der Waals surface area (Å²) in [5.41, 5.74) is 2.55. The van der Waals surface area contributed by atoms with Crippen LogP contribution in [0.1, 0.15) is 49.9 Å². The van der Waals surface area contributed by atoms with Crippen LogP contribution < -0.4 is 0 Å². The minimum absolute atomic E-state index is 0.130. The van der Waals surface area contributed by atoms with Crippen molar-refractivity contribution in [2.24, 2.45) is 17.3 Å². The van der Waals surface area contributed by atoms with Crippen molar-refractivity contribution in [1.82, 2.24) is 4.57 Å². The smallest absolute Gasteiger partial charge is 0.121 e. The van der Waals surface area contributed by atoms with Gasteiger partial charge in [-0.15, -0.1) is 0 Å². The van der Waals surface area contributed by atoms with Crippen LogP contribution in [0.5, 0.6) is 0 Å². The largest absolute Gasteiger partial charge is 0.378 e. The van der Waals surface area contributed by atoms with E-state index in [1.54, 1.807) is 0 Å². The zero-order valence-electron chi connectivity index (χ0n) is 13.4. The van der Waals surface area contributed by atoms with E-state index in [0.717, 1.165) is 24.1 Å². The van der Waals surface area contributed by atoms with Crippen LogP contribution in [0.2, 0.25) is 0 Å². The fourth-order valence-corrected chi connectivity index (χ4v) is 6.62. The summed E-state index contributed by atoms with van der Waals surface area (Å²) < 4.78 is 9.51. The van der Waals surface area contributed by atoms with Gasteiger partial charge in [-0.1, -0.05) is 0 Å². The quantitative estimate of drug-likeness (QED) is 0.699. The van der Waals surface area contributed by atoms with Gasteiger partial charge in [0.05, 0.1) is 5.60 Å². The number of nitriles is 1. The molecule has 2 atom stereocenters. The summed E-state index contributed by atoms with van der Waals surface area (Å²) in [5, 5.41) is 9.47. The maximum Gasteiger partial charge on any atom is 0.121 e. The summed E-state index contributed by atoms with van der Waals surface area (Å²) in [6.07, 6.45) is 7.76. The zero-order valence-corrected chi connectivity index (χ0v) is 15.5. The Kier molecular flexibility index (Phi) is 3.40. The SMILES string of the molecule is COC12CC3CC(CC(Cn4c(C#N)cc(I)c4C)(C3)C1)C2. The minimum atomic E-state index is 0.130. The second-order valence-electron chi connectivity index (χ2n) is 8.01. The van der Waals surface area contributed by atoms with Crippen molar-refractivity contribution in [3.8, 4) is 6.07 Å². The molecule has 0 saturated heterocycles. The lowest BCUT2D eigenvalue weighted by atomic mass is 9.48. The summed E-state index contributed by atoms with van der Waals surface area (Å²) in [4.78, 5) is 0. The van der Waals surface area contributed by atoms with Gasteiger partial charge in [0.1, 0.15) is 11.8 Å². The number of methoxy groups -OCH3 is 1. The molecule has 0 spiro atoms. The van der Waals surface area contributed by atoms with Gasteiger partial charge in [0, 0.05) is 22.9 Å². The average Bonchev–Trinajstić information content (AvgIpc) is 2.73. The van der Waals surface area contributed by atoms with Crippen LogP contribution in [-0.4, -0.2) is 17.3 Å². The predicted octanol–water partition coefficient (Wildman–Crippen LogP) is 4.26. The highest BCUT2D eigenvalue weighted by Gasteiger charge is 2.58. The molecular weight excluding hydrogens is 387 g/mol. The number of rotatable bonds is 3. The number of ether oxygens (including phenoxy) is 1. The third-order valence-corrected chi connectivity index (χ3v) is 7.57. The summed E-state index contributed by atoms with van der Waals surface area (Å²) in [5.74, 6) is 1.67. The Balaban J connectivity index is 1.70. The molecular formula is C18H23IN2O. The molecule has 2 unspecified atom stereocenters. The van der Waals surface area contributed by atoms with Crippen LogP contribution in [0, 0.1) is 39.1 Å². The molecule has 4 fully saturated rings. The van der Waals surface area contributed by atoms with E-state index >= 15 is 0 Å². The van der Waals surface area contributed by atoms with Crippen molar-refractivity contribution in [2.45, 2.75) is 57.6 Å². The van der Waals surface area contributed by atoms with Gasteiger partial charge in [-0.25, -0.2) is 0 Å². The highest BCUT2D eigenvalue weighted by atomic mass is 127. The van der Waals surface area contributed by atoms with Crippen LogP contribution in [0.3, 0.4) is 0 Å². The van der Waals surface area contributed by atoms with Gasteiger partial charge < -0.3 is 9.30 Å². The van der Waals surface area contributed by atoms with Crippen LogP contribution in [0.15, 0.2) is 6.07 Å². The van der Waals surface area contributed by atoms with E-state index in [2.05, 4.69) is 40.2 Å². The first kappa shape index (κ1) is 15.0. The number of hydrogen-bond acceptors (Lipinski definition) is 2. The van der Waals surface area contributed by atoms with Crippen molar-refractivity contribution in [3.05, 3.63) is 21.0 Å². The van der Waals surface area contributed by atoms with Crippen molar-refractivity contribution in [2.75, 3.05) is 7.11 Å². The first-order chi connectivity index (χ1) is 10.5. The third-order valence-electron chi connectivity index (χ3n) is 6.47. The van der Waals surface area contributed by atoms with E-state index in [4.69, 9.17) is 4.74 Å². The number of halogens is 1. The Hall–Kier alpha value is -0.540. The van der Waals surface area contributed by atoms with Gasteiger partial charge in [-0.2, -0.15) is 5.26 Å². The lowest BCUT2D eigenvalue weighted by Crippen LogP contribution is -2.57. The number of nitrogens with zero attached hydrogens (tertiary/aromatic N) is 2. The molecule has 5 rings (SSSR count). The second-order valence-corrected chi connectivity index (χ2v) is 9.17. The Morgan fingerprint density at radius 1 is 1.36 bits per heavy atom. The summed E-state index contributed by atoms with van der Waals surface area (Å²) in [7, 11) is 1.91. The monoisotopic (exact) mass is 410 g/mol. The lowest BCUT2D eigenvalue weighted by Gasteiger charge is -2.61. The highest BCUT2D eigenvalue weighted by Crippen LogP contribution is 2.63. The lowest BCUT2D eigenvalue weighted by molar-refractivity contribution is -0.183. The molecule has 4 bridgehead atoms. The summed E-state index contributed by atoms with van der Waals surface area (Å²) in [6.45, 7) is 3.15. The molecule has 0 N–H and O–H groups in total. The van der Waals surface area contributed by atoms with Crippen molar-refractivity contribution in [1.29, 1.82) is 5.26 Å². The molecule has 1 heterocycles. The van der Waals surface area contributed by atoms with Crippen LogP contribution >= 0.6 is 22.6 Å². The molecule has 4 aliphatic carbocycles. The van der Waals surface area contributed by atoms with Gasteiger partial charge in [-0.3, -0.25) is 0 Å². The third kappa shape index (κ3) is 2.16. The number of aromatic nitrogens is 1. The average molecular weight is 410 g/mol. The van der Waals surface area contributed by atoms with E-state index in [1.165, 1.54) is 47.8 Å². The molecule has 1 aromatic rings. The summed E-state index contributed by atoms with van der Waals surface area (Å²) in [6, 6.07) is 4.42. The van der Waals surface area contributed by atoms with Crippen molar-refractivity contribution in [3.63, 3.8) is 0 Å². The van der Waals surface area contributed by atoms with Crippen LogP contribution in [0.25, 0.3) is 0 Å². The molecule has 0 aliphatic heterocycles. The number of hydrogen-bond donors (Lipinski definition) is 0. The van der Waals surface area contributed by atoms with Gasteiger partial charge in [0.15, 0.2) is 0 Å². The molecule has 3 nitrogen and oxygen atoms in total. The molecule has 4 aliphatic rings. The molecule has 0 radical (unpaired) electrons. The van der Waals surface area contributed by atoms with Gasteiger partial charge >= 0.3 is 0 Å². The van der Waals surface area contributed by atoms with Gasteiger partial charge in [0.2, 0.25) is 0 Å². The second kappa shape index (κ2) is 4.98. The normalized spacial score (nSPS) is 39.2. The van der Waals surface area contributed by atoms with E-state index < -0.39 is 0 Å².